The summed E-state index contributed by atoms with van der Waals surface area (Å²) in [5.41, 5.74) is 21.5. The molecule has 4 nitrogen and oxygen atoms in total. The van der Waals surface area contributed by atoms with Gasteiger partial charge >= 0.3 is 0 Å². The van der Waals surface area contributed by atoms with Crippen molar-refractivity contribution in [3.05, 3.63) is 274 Å². The smallest absolute Gasteiger partial charge is 0.145 e. The lowest BCUT2D eigenvalue weighted by atomic mass is 9.67. The van der Waals surface area contributed by atoms with Crippen molar-refractivity contribution in [1.29, 1.82) is 0 Å². The van der Waals surface area contributed by atoms with Crippen molar-refractivity contribution in [1.82, 2.24) is 0 Å². The van der Waals surface area contributed by atoms with Gasteiger partial charge in [-0.05, 0) is 191 Å². The van der Waals surface area contributed by atoms with Gasteiger partial charge < -0.3 is 19.0 Å². The van der Waals surface area contributed by atoms with E-state index < -0.39 is 5.41 Å². The molecular weight excluding hydrogens is 1080 g/mol. The van der Waals surface area contributed by atoms with Crippen molar-refractivity contribution < 1.29 is 9.15 Å². The number of ether oxygens (including phenoxy) is 1. The lowest BCUT2D eigenvalue weighted by molar-refractivity contribution is 0.481. The fourth-order valence-electron chi connectivity index (χ4n) is 13.2. The predicted octanol–water partition coefficient (Wildman–Crippen LogP) is 24.5. The van der Waals surface area contributed by atoms with Gasteiger partial charge in [-0.3, -0.25) is 0 Å². The Bertz CT molecular complexity index is 4250. The lowest BCUT2D eigenvalue weighted by Gasteiger charge is -2.36. The highest BCUT2D eigenvalue weighted by Crippen LogP contribution is 2.62. The summed E-state index contributed by atoms with van der Waals surface area (Å²) in [6.45, 7) is 41.1. The second-order valence-corrected chi connectivity index (χ2v) is 31.2. The van der Waals surface area contributed by atoms with E-state index in [0.29, 0.717) is 0 Å². The van der Waals surface area contributed by atoms with Gasteiger partial charge in [0.1, 0.15) is 22.7 Å². The third-order valence-electron chi connectivity index (χ3n) is 18.6. The quantitative estimate of drug-likeness (QED) is 0.136. The van der Waals surface area contributed by atoms with Crippen LogP contribution in [0.3, 0.4) is 0 Å². The van der Waals surface area contributed by atoms with Gasteiger partial charge in [-0.25, -0.2) is 0 Å². The zero-order valence-electron chi connectivity index (χ0n) is 56.0. The molecular formula is C85H90N2O2. The molecule has 89 heavy (non-hydrogen) atoms. The summed E-state index contributed by atoms with van der Waals surface area (Å²) in [6.07, 6.45) is 0. The number of nitrogens with zero attached hydrogens (tertiary/aromatic N) is 2. The largest absolute Gasteiger partial charge is 0.457 e. The highest BCUT2D eigenvalue weighted by Gasteiger charge is 2.49. The van der Waals surface area contributed by atoms with Crippen LogP contribution in [0.2, 0.25) is 0 Å². The topological polar surface area (TPSA) is 28.9 Å². The third kappa shape index (κ3) is 11.3. The zero-order chi connectivity index (χ0) is 63.4. The van der Waals surface area contributed by atoms with Gasteiger partial charge in [-0.15, -0.1) is 0 Å². The SMILES string of the molecule is CC(C)(C)c1ccc(Oc2ccc(C3(c4ccc(C(C)(C)C)cc4)c4cc(N(c5ccc(C(C)(C)C)cc5)c5ccc(C(C)(C)C)cc5)ccc4-c4c3cc(N(c3ccc(C(C)(C)C)cc3)c3ccc(C(C)(C)C)cc3)c3c4oc4ccccc43)cc2)cc1. The monoisotopic (exact) mass is 1170 g/mol. The van der Waals surface area contributed by atoms with Crippen LogP contribution in [0.5, 0.6) is 11.5 Å². The summed E-state index contributed by atoms with van der Waals surface area (Å²) in [6, 6.07) is 82.3. The summed E-state index contributed by atoms with van der Waals surface area (Å²) < 4.78 is 14.3. The molecule has 0 fully saturated rings. The molecule has 0 spiro atoms. The first-order chi connectivity index (χ1) is 41.9. The molecule has 1 heterocycles. The van der Waals surface area contributed by atoms with Gasteiger partial charge in [0.15, 0.2) is 0 Å². The van der Waals surface area contributed by atoms with Crippen LogP contribution < -0.4 is 14.5 Å². The van der Waals surface area contributed by atoms with E-state index in [4.69, 9.17) is 9.15 Å². The van der Waals surface area contributed by atoms with Crippen molar-refractivity contribution in [3.63, 3.8) is 0 Å². The van der Waals surface area contributed by atoms with Crippen molar-refractivity contribution >= 4 is 56.1 Å². The Kier molecular flexibility index (Phi) is 14.9. The number of furan rings is 1. The second kappa shape index (κ2) is 21.9. The number of hydrogen-bond donors (Lipinski definition) is 0. The van der Waals surface area contributed by atoms with Crippen LogP contribution in [0.15, 0.2) is 223 Å². The molecule has 12 rings (SSSR count). The molecule has 0 saturated heterocycles. The van der Waals surface area contributed by atoms with E-state index in [2.05, 4.69) is 353 Å². The summed E-state index contributed by atoms with van der Waals surface area (Å²) in [5, 5.41) is 2.13. The van der Waals surface area contributed by atoms with E-state index in [9.17, 15) is 0 Å². The van der Waals surface area contributed by atoms with E-state index in [1.807, 2.05) is 0 Å². The van der Waals surface area contributed by atoms with Crippen molar-refractivity contribution in [2.45, 2.75) is 163 Å². The molecule has 4 heteroatoms. The van der Waals surface area contributed by atoms with E-state index in [1.54, 1.807) is 0 Å². The van der Waals surface area contributed by atoms with Gasteiger partial charge in [0.2, 0.25) is 0 Å². The summed E-state index contributed by atoms with van der Waals surface area (Å²) in [4.78, 5) is 4.93. The first-order valence-electron chi connectivity index (χ1n) is 32.1. The Hall–Kier alpha value is -8.60. The van der Waals surface area contributed by atoms with Gasteiger partial charge in [0, 0.05) is 39.4 Å². The lowest BCUT2D eigenvalue weighted by Crippen LogP contribution is -2.29. The maximum atomic E-state index is 7.52. The van der Waals surface area contributed by atoms with Gasteiger partial charge in [-0.2, -0.15) is 0 Å². The molecule has 1 aliphatic carbocycles. The minimum atomic E-state index is -0.915. The summed E-state index contributed by atoms with van der Waals surface area (Å²) in [7, 11) is 0. The van der Waals surface area contributed by atoms with Crippen molar-refractivity contribution in [2.75, 3.05) is 9.80 Å². The predicted molar refractivity (Wildman–Crippen MR) is 379 cm³/mol. The highest BCUT2D eigenvalue weighted by atomic mass is 16.5. The van der Waals surface area contributed by atoms with Crippen LogP contribution in [0, 0.1) is 0 Å². The molecule has 0 saturated carbocycles. The molecule has 1 atom stereocenters. The van der Waals surface area contributed by atoms with Gasteiger partial charge in [0.05, 0.1) is 16.5 Å². The van der Waals surface area contributed by atoms with E-state index >= 15 is 0 Å². The molecule has 1 aliphatic rings. The average Bonchev–Trinajstić information content (AvgIpc) is 1.52. The maximum absolute atomic E-state index is 7.52. The summed E-state index contributed by atoms with van der Waals surface area (Å²) >= 11 is 0. The number of fused-ring (bicyclic) bond motifs is 7. The fourth-order valence-corrected chi connectivity index (χ4v) is 13.2. The molecule has 1 aromatic heterocycles. The zero-order valence-corrected chi connectivity index (χ0v) is 56.0. The molecule has 0 aliphatic heterocycles. The first kappa shape index (κ1) is 60.7. The summed E-state index contributed by atoms with van der Waals surface area (Å²) in [5.74, 6) is 1.57. The molecule has 452 valence electrons. The maximum Gasteiger partial charge on any atom is 0.145 e. The molecule has 11 aromatic rings. The van der Waals surface area contributed by atoms with Gasteiger partial charge in [0.25, 0.3) is 0 Å². The standard InChI is InChI=1S/C85H90N2O2/c1-79(2,3)55-23-25-61(26-24-55)85(62-37-50-69(51-38-62)88-68-48-35-60(36-49-68)84(16,17)18)72-53-67(86(63-39-27-56(28-40-63)80(4,5)6)64-41-29-57(30-42-64)81(7,8)9)47-52-70(72)76-73(85)54-74(77-71-21-19-20-22-75(71)89-78(76)77)87(65-43-31-58(32-44-65)82(10,11)12)66-45-33-59(34-46-66)83(13,14)15/h19-54H,1-18H3. The highest BCUT2D eigenvalue weighted by molar-refractivity contribution is 6.19. The van der Waals surface area contributed by atoms with Crippen molar-refractivity contribution in [2.24, 2.45) is 0 Å². The Morgan fingerprint density at radius 3 is 1.07 bits per heavy atom. The average molecular weight is 1170 g/mol. The van der Waals surface area contributed by atoms with Crippen LogP contribution in [-0.2, 0) is 37.9 Å². The van der Waals surface area contributed by atoms with Crippen LogP contribution >= 0.6 is 0 Å². The van der Waals surface area contributed by atoms with Crippen LogP contribution in [0.1, 0.15) is 180 Å². The number of hydrogen-bond acceptors (Lipinski definition) is 4. The number of benzene rings is 10. The third-order valence-corrected chi connectivity index (χ3v) is 18.6. The molecule has 0 radical (unpaired) electrons. The first-order valence-corrected chi connectivity index (χ1v) is 32.1. The minimum absolute atomic E-state index is 0.0150. The minimum Gasteiger partial charge on any atom is -0.457 e. The number of para-hydroxylation sites is 1. The van der Waals surface area contributed by atoms with Crippen molar-refractivity contribution in [3.8, 4) is 22.6 Å². The Morgan fingerprint density at radius 1 is 0.326 bits per heavy atom. The van der Waals surface area contributed by atoms with Crippen LogP contribution in [0.25, 0.3) is 33.1 Å². The van der Waals surface area contributed by atoms with Crippen LogP contribution in [0.4, 0.5) is 34.1 Å². The Morgan fingerprint density at radius 2 is 0.663 bits per heavy atom. The van der Waals surface area contributed by atoms with Gasteiger partial charge in [-0.1, -0.05) is 246 Å². The normalized spacial score (nSPS) is 14.7. The molecule has 10 aromatic carbocycles. The Labute approximate surface area is 531 Å². The Balaban J connectivity index is 1.20. The van der Waals surface area contributed by atoms with Crippen LogP contribution in [-0.4, -0.2) is 0 Å². The molecule has 0 bridgehead atoms. The number of rotatable bonds is 10. The number of anilines is 6. The fraction of sp³-hybridized carbons (Fsp3) is 0.294. The van der Waals surface area contributed by atoms with E-state index in [0.717, 1.165) is 101 Å². The molecule has 0 N–H and O–H groups in total. The molecule has 1 unspecified atom stereocenters. The van der Waals surface area contributed by atoms with E-state index in [-0.39, 0.29) is 32.5 Å². The molecule has 0 amide bonds. The van der Waals surface area contributed by atoms with E-state index in [1.165, 1.54) is 33.4 Å². The second-order valence-electron chi connectivity index (χ2n) is 31.2.